The van der Waals surface area contributed by atoms with E-state index in [4.69, 9.17) is 0 Å². The van der Waals surface area contributed by atoms with Crippen molar-refractivity contribution in [2.24, 2.45) is 7.05 Å². The molecule has 0 saturated carbocycles. The van der Waals surface area contributed by atoms with Gasteiger partial charge in [-0.25, -0.2) is 9.18 Å². The number of fused-ring (bicyclic) bond motifs is 2. The Balaban J connectivity index is 2.00. The van der Waals surface area contributed by atoms with Crippen LogP contribution in [0.5, 0.6) is 0 Å². The monoisotopic (exact) mass is 310 g/mol. The molecule has 0 unspecified atom stereocenters. The van der Waals surface area contributed by atoms with Crippen LogP contribution in [-0.2, 0) is 7.05 Å². The summed E-state index contributed by atoms with van der Waals surface area (Å²) >= 11 is 0. The molecular formula is C16H11FN4O2. The summed E-state index contributed by atoms with van der Waals surface area (Å²) in [5.41, 5.74) is 3.05. The van der Waals surface area contributed by atoms with Crippen LogP contribution >= 0.6 is 0 Å². The number of carboxylic acids is 1. The molecule has 114 valence electrons. The van der Waals surface area contributed by atoms with Crippen molar-refractivity contribution in [2.45, 2.75) is 0 Å². The second-order valence-electron chi connectivity index (χ2n) is 5.24. The summed E-state index contributed by atoms with van der Waals surface area (Å²) in [6.07, 6.45) is 1.45. The van der Waals surface area contributed by atoms with Crippen LogP contribution in [0.1, 0.15) is 10.4 Å². The number of benzene rings is 1. The van der Waals surface area contributed by atoms with Gasteiger partial charge in [-0.1, -0.05) is 0 Å². The molecule has 2 N–H and O–H groups in total. The fraction of sp³-hybridized carbons (Fsp3) is 0.0625. The summed E-state index contributed by atoms with van der Waals surface area (Å²) in [6.45, 7) is 0. The number of pyridine rings is 1. The summed E-state index contributed by atoms with van der Waals surface area (Å²) in [5.74, 6) is -1.36. The van der Waals surface area contributed by atoms with E-state index in [0.29, 0.717) is 27.9 Å². The number of rotatable bonds is 2. The molecule has 0 fully saturated rings. The fourth-order valence-electron chi connectivity index (χ4n) is 2.76. The van der Waals surface area contributed by atoms with Crippen LogP contribution in [0, 0.1) is 5.82 Å². The van der Waals surface area contributed by atoms with Gasteiger partial charge in [0.25, 0.3) is 0 Å². The molecule has 4 aromatic rings. The first-order valence-corrected chi connectivity index (χ1v) is 6.88. The molecule has 0 spiro atoms. The van der Waals surface area contributed by atoms with Crippen molar-refractivity contribution in [1.82, 2.24) is 19.7 Å². The highest BCUT2D eigenvalue weighted by atomic mass is 19.1. The molecule has 4 rings (SSSR count). The van der Waals surface area contributed by atoms with E-state index < -0.39 is 5.97 Å². The second-order valence-corrected chi connectivity index (χ2v) is 5.24. The number of hydrogen-bond acceptors (Lipinski definition) is 3. The number of halogens is 1. The van der Waals surface area contributed by atoms with Gasteiger partial charge in [0.15, 0.2) is 0 Å². The Labute approximate surface area is 129 Å². The Morgan fingerprint density at radius 1 is 1.30 bits per heavy atom. The lowest BCUT2D eigenvalue weighted by molar-refractivity contribution is 0.0698. The highest BCUT2D eigenvalue weighted by Gasteiger charge is 2.17. The van der Waals surface area contributed by atoms with Crippen LogP contribution in [-0.4, -0.2) is 30.8 Å². The summed E-state index contributed by atoms with van der Waals surface area (Å²) in [5, 5.41) is 14.4. The number of aromatic carboxylic acids is 1. The van der Waals surface area contributed by atoms with E-state index in [1.54, 1.807) is 23.9 Å². The van der Waals surface area contributed by atoms with Gasteiger partial charge < -0.3 is 10.1 Å². The largest absolute Gasteiger partial charge is 0.478 e. The van der Waals surface area contributed by atoms with Gasteiger partial charge in [-0.15, -0.1) is 0 Å². The predicted octanol–water partition coefficient (Wildman–Crippen LogP) is 2.95. The molecule has 6 nitrogen and oxygen atoms in total. The molecule has 0 aliphatic carbocycles. The van der Waals surface area contributed by atoms with E-state index in [0.717, 1.165) is 5.39 Å². The maximum atomic E-state index is 13.4. The maximum Gasteiger partial charge on any atom is 0.337 e. The zero-order valence-corrected chi connectivity index (χ0v) is 12.0. The van der Waals surface area contributed by atoms with Gasteiger partial charge in [0.05, 0.1) is 27.8 Å². The van der Waals surface area contributed by atoms with Gasteiger partial charge in [0.1, 0.15) is 11.5 Å². The number of nitrogens with one attached hydrogen (secondary N) is 1. The number of nitrogens with zero attached hydrogens (tertiary/aromatic N) is 3. The van der Waals surface area contributed by atoms with E-state index in [1.165, 1.54) is 24.4 Å². The molecule has 0 radical (unpaired) electrons. The average Bonchev–Trinajstić information content (AvgIpc) is 3.08. The standard InChI is InChI=1S/C16H11FN4O2/c1-21-13-6-8(17)2-3-9(13)15(20-21)12-7-11-14(19-12)10(16(22)23)4-5-18-11/h2-7,19H,1H3,(H,22,23). The van der Waals surface area contributed by atoms with Gasteiger partial charge >= 0.3 is 5.97 Å². The van der Waals surface area contributed by atoms with Gasteiger partial charge in [-0.2, -0.15) is 5.10 Å². The molecular weight excluding hydrogens is 299 g/mol. The number of aromatic nitrogens is 4. The molecule has 23 heavy (non-hydrogen) atoms. The lowest BCUT2D eigenvalue weighted by atomic mass is 10.1. The molecule has 0 atom stereocenters. The maximum absolute atomic E-state index is 13.4. The highest BCUT2D eigenvalue weighted by Crippen LogP contribution is 2.30. The van der Waals surface area contributed by atoms with Gasteiger partial charge in [0.2, 0.25) is 0 Å². The number of carboxylic acid groups (broad SMARTS) is 1. The Kier molecular flexibility index (Phi) is 2.71. The van der Waals surface area contributed by atoms with Crippen LogP contribution in [0.3, 0.4) is 0 Å². The van der Waals surface area contributed by atoms with Gasteiger partial charge in [-0.3, -0.25) is 9.67 Å². The number of hydrogen-bond donors (Lipinski definition) is 2. The molecule has 7 heteroatoms. The Morgan fingerprint density at radius 3 is 2.91 bits per heavy atom. The second kappa shape index (κ2) is 4.64. The smallest absolute Gasteiger partial charge is 0.337 e. The van der Waals surface area contributed by atoms with Crippen LogP contribution in [0.4, 0.5) is 4.39 Å². The molecule has 0 saturated heterocycles. The van der Waals surface area contributed by atoms with Crippen molar-refractivity contribution in [3.63, 3.8) is 0 Å². The van der Waals surface area contributed by atoms with E-state index in [9.17, 15) is 14.3 Å². The van der Waals surface area contributed by atoms with Crippen LogP contribution in [0.25, 0.3) is 33.3 Å². The van der Waals surface area contributed by atoms with Crippen molar-refractivity contribution < 1.29 is 14.3 Å². The zero-order valence-electron chi connectivity index (χ0n) is 12.0. The molecule has 0 amide bonds. The van der Waals surface area contributed by atoms with E-state index >= 15 is 0 Å². The van der Waals surface area contributed by atoms with Gasteiger partial charge in [-0.05, 0) is 30.3 Å². The third-order valence-electron chi connectivity index (χ3n) is 3.82. The van der Waals surface area contributed by atoms with Crippen molar-refractivity contribution in [2.75, 3.05) is 0 Å². The predicted molar refractivity (Wildman–Crippen MR) is 82.7 cm³/mol. The van der Waals surface area contributed by atoms with Crippen LogP contribution in [0.2, 0.25) is 0 Å². The Bertz CT molecular complexity index is 1080. The lowest BCUT2D eigenvalue weighted by Crippen LogP contribution is -1.97. The molecule has 1 aromatic carbocycles. The quantitative estimate of drug-likeness (QED) is 0.596. The molecule has 3 heterocycles. The first-order chi connectivity index (χ1) is 11.0. The topological polar surface area (TPSA) is 83.8 Å². The summed E-state index contributed by atoms with van der Waals surface area (Å²) in [6, 6.07) is 7.63. The van der Waals surface area contributed by atoms with Crippen molar-refractivity contribution in [1.29, 1.82) is 0 Å². The van der Waals surface area contributed by atoms with Crippen molar-refractivity contribution >= 4 is 27.9 Å². The van der Waals surface area contributed by atoms with Gasteiger partial charge in [0, 0.05) is 18.6 Å². The molecule has 0 aliphatic heterocycles. The molecule has 3 aromatic heterocycles. The highest BCUT2D eigenvalue weighted by molar-refractivity contribution is 6.03. The third kappa shape index (κ3) is 1.97. The minimum atomic E-state index is -1.03. The average molecular weight is 310 g/mol. The summed E-state index contributed by atoms with van der Waals surface area (Å²) in [4.78, 5) is 18.6. The first-order valence-electron chi connectivity index (χ1n) is 6.88. The Morgan fingerprint density at radius 2 is 2.13 bits per heavy atom. The molecule has 0 aliphatic rings. The number of carbonyl (C=O) groups is 1. The SMILES string of the molecule is Cn1nc(-c2cc3nccc(C(=O)O)c3[nH]2)c2ccc(F)cc21. The number of aromatic amines is 1. The minimum Gasteiger partial charge on any atom is -0.478 e. The molecule has 0 bridgehead atoms. The first kappa shape index (κ1) is 13.4. The third-order valence-corrected chi connectivity index (χ3v) is 3.82. The van der Waals surface area contributed by atoms with E-state index in [2.05, 4.69) is 15.1 Å². The normalized spacial score (nSPS) is 11.4. The number of aryl methyl sites for hydroxylation is 1. The van der Waals surface area contributed by atoms with Crippen LogP contribution in [0.15, 0.2) is 36.5 Å². The lowest BCUT2D eigenvalue weighted by Gasteiger charge is -1.96. The Hall–Kier alpha value is -3.22. The van der Waals surface area contributed by atoms with E-state index in [1.807, 2.05) is 0 Å². The van der Waals surface area contributed by atoms with E-state index in [-0.39, 0.29) is 11.4 Å². The number of H-pyrrole nitrogens is 1. The summed E-state index contributed by atoms with van der Waals surface area (Å²) in [7, 11) is 1.73. The van der Waals surface area contributed by atoms with Crippen molar-refractivity contribution in [3.8, 4) is 11.4 Å². The zero-order chi connectivity index (χ0) is 16.1. The summed E-state index contributed by atoms with van der Waals surface area (Å²) < 4.78 is 15.0. The minimum absolute atomic E-state index is 0.146. The fourth-order valence-corrected chi connectivity index (χ4v) is 2.76. The van der Waals surface area contributed by atoms with Crippen molar-refractivity contribution in [3.05, 3.63) is 47.9 Å². The van der Waals surface area contributed by atoms with Crippen LogP contribution < -0.4 is 0 Å².